The predicted octanol–water partition coefficient (Wildman–Crippen LogP) is 4.73. The lowest BCUT2D eigenvalue weighted by Gasteiger charge is -2.06. The van der Waals surface area contributed by atoms with Gasteiger partial charge in [-0.25, -0.2) is 0 Å². The quantitative estimate of drug-likeness (QED) is 0.749. The largest absolute Gasteiger partial charge is 0.508 e. The maximum absolute atomic E-state index is 9.33. The van der Waals surface area contributed by atoms with Crippen LogP contribution in [0.5, 0.6) is 11.5 Å². The van der Waals surface area contributed by atoms with Crippen LogP contribution < -0.4 is 4.74 Å². The van der Waals surface area contributed by atoms with E-state index in [0.717, 1.165) is 22.4 Å². The van der Waals surface area contributed by atoms with Crippen molar-refractivity contribution in [2.45, 2.75) is 0 Å². The highest BCUT2D eigenvalue weighted by Crippen LogP contribution is 2.27. The van der Waals surface area contributed by atoms with Gasteiger partial charge in [0, 0.05) is 0 Å². The van der Waals surface area contributed by atoms with Crippen LogP contribution in [0.15, 0.2) is 72.8 Å². The van der Waals surface area contributed by atoms with Crippen molar-refractivity contribution in [3.63, 3.8) is 0 Å². The summed E-state index contributed by atoms with van der Waals surface area (Å²) in [6, 6.07) is 23.6. The molecular weight excluding hydrogens is 260 g/mol. The molecule has 2 heteroatoms. The number of hydrogen-bond donors (Lipinski definition) is 1. The molecule has 104 valence electrons. The van der Waals surface area contributed by atoms with Gasteiger partial charge in [-0.05, 0) is 46.5 Å². The zero-order valence-corrected chi connectivity index (χ0v) is 11.8. The Labute approximate surface area is 124 Å². The molecule has 0 saturated heterocycles. The molecule has 0 unspecified atom stereocenters. The lowest BCUT2D eigenvalue weighted by Crippen LogP contribution is -1.83. The molecule has 3 rings (SSSR count). The molecule has 0 aliphatic carbocycles. The van der Waals surface area contributed by atoms with Gasteiger partial charge in [0.1, 0.15) is 11.5 Å². The topological polar surface area (TPSA) is 29.5 Å². The van der Waals surface area contributed by atoms with Gasteiger partial charge in [-0.1, -0.05) is 48.5 Å². The van der Waals surface area contributed by atoms with Crippen LogP contribution >= 0.6 is 0 Å². The summed E-state index contributed by atoms with van der Waals surface area (Å²) in [5.41, 5.74) is 4.55. The molecule has 0 radical (unpaired) electrons. The summed E-state index contributed by atoms with van der Waals surface area (Å²) >= 11 is 0. The zero-order chi connectivity index (χ0) is 14.7. The maximum atomic E-state index is 9.33. The van der Waals surface area contributed by atoms with Crippen LogP contribution in [-0.2, 0) is 0 Å². The van der Waals surface area contributed by atoms with Crippen molar-refractivity contribution >= 4 is 0 Å². The van der Waals surface area contributed by atoms with Gasteiger partial charge in [-0.15, -0.1) is 0 Å². The summed E-state index contributed by atoms with van der Waals surface area (Å²) in [6.07, 6.45) is 0. The average molecular weight is 276 g/mol. The van der Waals surface area contributed by atoms with Gasteiger partial charge in [-0.3, -0.25) is 0 Å². The molecule has 0 saturated carbocycles. The fourth-order valence-electron chi connectivity index (χ4n) is 2.29. The van der Waals surface area contributed by atoms with E-state index in [0.29, 0.717) is 0 Å². The minimum absolute atomic E-state index is 0.286. The number of phenols is 1. The van der Waals surface area contributed by atoms with E-state index in [4.69, 9.17) is 4.74 Å². The molecule has 0 aliphatic heterocycles. The first-order valence-corrected chi connectivity index (χ1v) is 6.80. The molecule has 0 amide bonds. The van der Waals surface area contributed by atoms with Crippen molar-refractivity contribution < 1.29 is 9.84 Å². The van der Waals surface area contributed by atoms with Gasteiger partial charge in [0.2, 0.25) is 0 Å². The van der Waals surface area contributed by atoms with Gasteiger partial charge in [-0.2, -0.15) is 0 Å². The van der Waals surface area contributed by atoms with E-state index in [1.54, 1.807) is 19.2 Å². The van der Waals surface area contributed by atoms with Crippen molar-refractivity contribution in [1.29, 1.82) is 0 Å². The van der Waals surface area contributed by atoms with Crippen molar-refractivity contribution in [2.75, 3.05) is 7.11 Å². The third kappa shape index (κ3) is 2.90. The second-order valence-corrected chi connectivity index (χ2v) is 4.85. The molecule has 0 spiro atoms. The van der Waals surface area contributed by atoms with E-state index in [-0.39, 0.29) is 5.75 Å². The number of methoxy groups -OCH3 is 1. The summed E-state index contributed by atoms with van der Waals surface area (Å²) in [5, 5.41) is 9.33. The van der Waals surface area contributed by atoms with Gasteiger partial charge in [0.15, 0.2) is 0 Å². The van der Waals surface area contributed by atoms with E-state index in [9.17, 15) is 5.11 Å². The normalized spacial score (nSPS) is 10.3. The zero-order valence-electron chi connectivity index (χ0n) is 11.8. The monoisotopic (exact) mass is 276 g/mol. The highest BCUT2D eigenvalue weighted by molar-refractivity contribution is 5.70. The Bertz CT molecular complexity index is 711. The molecule has 0 atom stereocenters. The molecule has 2 nitrogen and oxygen atoms in total. The standard InChI is InChI=1S/C19H16O2/c1-21-19-12-8-17(9-13-19)15-4-2-14(3-5-15)16-6-10-18(20)11-7-16/h2-13,20H,1H3. The third-order valence-corrected chi connectivity index (χ3v) is 3.51. The first-order valence-electron chi connectivity index (χ1n) is 6.80. The third-order valence-electron chi connectivity index (χ3n) is 3.51. The number of aromatic hydroxyl groups is 1. The Morgan fingerprint density at radius 1 is 0.571 bits per heavy atom. The summed E-state index contributed by atoms with van der Waals surface area (Å²) in [6.45, 7) is 0. The van der Waals surface area contributed by atoms with Crippen LogP contribution in [0.3, 0.4) is 0 Å². The molecule has 3 aromatic carbocycles. The van der Waals surface area contributed by atoms with E-state index in [1.165, 1.54) is 5.56 Å². The average Bonchev–Trinajstić information content (AvgIpc) is 2.56. The molecule has 0 aliphatic rings. The molecule has 0 heterocycles. The van der Waals surface area contributed by atoms with Crippen LogP contribution in [0.4, 0.5) is 0 Å². The van der Waals surface area contributed by atoms with Crippen LogP contribution in [0.25, 0.3) is 22.3 Å². The fraction of sp³-hybridized carbons (Fsp3) is 0.0526. The number of benzene rings is 3. The van der Waals surface area contributed by atoms with E-state index < -0.39 is 0 Å². The molecule has 0 bridgehead atoms. The second kappa shape index (κ2) is 5.71. The van der Waals surface area contributed by atoms with Crippen LogP contribution in [-0.4, -0.2) is 12.2 Å². The second-order valence-electron chi connectivity index (χ2n) is 4.85. The smallest absolute Gasteiger partial charge is 0.118 e. The van der Waals surface area contributed by atoms with E-state index in [2.05, 4.69) is 24.3 Å². The molecule has 21 heavy (non-hydrogen) atoms. The van der Waals surface area contributed by atoms with E-state index >= 15 is 0 Å². The fourth-order valence-corrected chi connectivity index (χ4v) is 2.29. The van der Waals surface area contributed by atoms with Crippen LogP contribution in [0.1, 0.15) is 0 Å². The minimum atomic E-state index is 0.286. The van der Waals surface area contributed by atoms with Crippen molar-refractivity contribution in [3.05, 3.63) is 72.8 Å². The summed E-state index contributed by atoms with van der Waals surface area (Å²) in [5.74, 6) is 1.15. The summed E-state index contributed by atoms with van der Waals surface area (Å²) < 4.78 is 5.17. The Kier molecular flexibility index (Phi) is 3.61. The molecular formula is C19H16O2. The number of ether oxygens (including phenoxy) is 1. The Morgan fingerprint density at radius 2 is 0.905 bits per heavy atom. The first-order chi connectivity index (χ1) is 10.3. The van der Waals surface area contributed by atoms with Gasteiger partial charge in [0.25, 0.3) is 0 Å². The van der Waals surface area contributed by atoms with Crippen LogP contribution in [0, 0.1) is 0 Å². The first kappa shape index (κ1) is 13.3. The molecule has 0 fully saturated rings. The summed E-state index contributed by atoms with van der Waals surface area (Å²) in [4.78, 5) is 0. The number of rotatable bonds is 3. The van der Waals surface area contributed by atoms with Crippen molar-refractivity contribution in [2.24, 2.45) is 0 Å². The van der Waals surface area contributed by atoms with E-state index in [1.807, 2.05) is 36.4 Å². The predicted molar refractivity (Wildman–Crippen MR) is 85.5 cm³/mol. The lowest BCUT2D eigenvalue weighted by molar-refractivity contribution is 0.415. The molecule has 0 aromatic heterocycles. The maximum Gasteiger partial charge on any atom is 0.118 e. The number of phenolic OH excluding ortho intramolecular Hbond substituents is 1. The highest BCUT2D eigenvalue weighted by atomic mass is 16.5. The van der Waals surface area contributed by atoms with Crippen molar-refractivity contribution in [1.82, 2.24) is 0 Å². The lowest BCUT2D eigenvalue weighted by atomic mass is 10.0. The Hall–Kier alpha value is -2.74. The van der Waals surface area contributed by atoms with Crippen molar-refractivity contribution in [3.8, 4) is 33.8 Å². The van der Waals surface area contributed by atoms with Crippen LogP contribution in [0.2, 0.25) is 0 Å². The Balaban J connectivity index is 1.87. The highest BCUT2D eigenvalue weighted by Gasteiger charge is 2.01. The Morgan fingerprint density at radius 3 is 1.29 bits per heavy atom. The molecule has 3 aromatic rings. The van der Waals surface area contributed by atoms with Gasteiger partial charge < -0.3 is 9.84 Å². The number of hydrogen-bond acceptors (Lipinski definition) is 2. The molecule has 1 N–H and O–H groups in total. The van der Waals surface area contributed by atoms with Gasteiger partial charge in [0.05, 0.1) is 7.11 Å². The minimum Gasteiger partial charge on any atom is -0.508 e. The van der Waals surface area contributed by atoms with Gasteiger partial charge >= 0.3 is 0 Å². The summed E-state index contributed by atoms with van der Waals surface area (Å²) in [7, 11) is 1.67. The SMILES string of the molecule is COc1ccc(-c2ccc(-c3ccc(O)cc3)cc2)cc1.